The molecule has 0 spiro atoms. The van der Waals surface area contributed by atoms with Gasteiger partial charge in [0.2, 0.25) is 5.91 Å². The van der Waals surface area contributed by atoms with Gasteiger partial charge < -0.3 is 11.1 Å². The fourth-order valence-electron chi connectivity index (χ4n) is 2.12. The third-order valence-corrected chi connectivity index (χ3v) is 3.07. The number of carbonyl (C=O) groups is 1. The van der Waals surface area contributed by atoms with Crippen LogP contribution in [-0.4, -0.2) is 18.5 Å². The van der Waals surface area contributed by atoms with Gasteiger partial charge in [-0.05, 0) is 19.8 Å². The highest BCUT2D eigenvalue weighted by molar-refractivity contribution is 5.78. The van der Waals surface area contributed by atoms with E-state index in [-0.39, 0.29) is 17.9 Å². The van der Waals surface area contributed by atoms with Crippen LogP contribution in [0.2, 0.25) is 0 Å². The highest BCUT2D eigenvalue weighted by Crippen LogP contribution is 2.22. The summed E-state index contributed by atoms with van der Waals surface area (Å²) in [5.74, 6) is 0.457. The number of hydrogen-bond acceptors (Lipinski definition) is 2. The summed E-state index contributed by atoms with van der Waals surface area (Å²) < 4.78 is 0. The van der Waals surface area contributed by atoms with E-state index < -0.39 is 0 Å². The SMILES string of the molecule is CC(N)CNC(=O)C1CCCCCCC1. The van der Waals surface area contributed by atoms with Crippen LogP contribution in [0.5, 0.6) is 0 Å². The van der Waals surface area contributed by atoms with Crippen LogP contribution in [0.1, 0.15) is 51.9 Å². The van der Waals surface area contributed by atoms with E-state index in [0.717, 1.165) is 12.8 Å². The summed E-state index contributed by atoms with van der Waals surface area (Å²) >= 11 is 0. The maximum atomic E-state index is 11.8. The van der Waals surface area contributed by atoms with Crippen molar-refractivity contribution in [1.29, 1.82) is 0 Å². The van der Waals surface area contributed by atoms with Gasteiger partial charge in [-0.2, -0.15) is 0 Å². The first-order valence-electron chi connectivity index (χ1n) is 6.23. The van der Waals surface area contributed by atoms with E-state index in [4.69, 9.17) is 5.73 Å². The number of carbonyl (C=O) groups excluding carboxylic acids is 1. The summed E-state index contributed by atoms with van der Waals surface area (Å²) in [4.78, 5) is 11.8. The predicted octanol–water partition coefficient (Wildman–Crippen LogP) is 1.81. The molecular formula is C12H24N2O. The lowest BCUT2D eigenvalue weighted by Crippen LogP contribution is -2.38. The summed E-state index contributed by atoms with van der Waals surface area (Å²) in [6.07, 6.45) is 8.45. The summed E-state index contributed by atoms with van der Waals surface area (Å²) in [5.41, 5.74) is 5.61. The number of amides is 1. The van der Waals surface area contributed by atoms with Gasteiger partial charge in [0.25, 0.3) is 0 Å². The fraction of sp³-hybridized carbons (Fsp3) is 0.917. The first-order chi connectivity index (χ1) is 7.20. The third-order valence-electron chi connectivity index (χ3n) is 3.07. The number of nitrogens with one attached hydrogen (secondary N) is 1. The molecule has 1 atom stereocenters. The monoisotopic (exact) mass is 212 g/mol. The Morgan fingerprint density at radius 2 is 1.80 bits per heavy atom. The topological polar surface area (TPSA) is 55.1 Å². The largest absolute Gasteiger partial charge is 0.354 e. The average molecular weight is 212 g/mol. The Kier molecular flexibility index (Phi) is 5.69. The van der Waals surface area contributed by atoms with Crippen molar-refractivity contribution in [2.75, 3.05) is 6.54 Å². The van der Waals surface area contributed by atoms with Gasteiger partial charge in [0, 0.05) is 18.5 Å². The zero-order chi connectivity index (χ0) is 11.1. The van der Waals surface area contributed by atoms with Crippen LogP contribution in [0.4, 0.5) is 0 Å². The molecule has 0 aliphatic heterocycles. The van der Waals surface area contributed by atoms with E-state index >= 15 is 0 Å². The molecule has 1 aliphatic carbocycles. The highest BCUT2D eigenvalue weighted by atomic mass is 16.1. The number of rotatable bonds is 3. The normalized spacial score (nSPS) is 21.5. The van der Waals surface area contributed by atoms with E-state index in [0.29, 0.717) is 6.54 Å². The molecule has 3 nitrogen and oxygen atoms in total. The molecule has 0 bridgehead atoms. The second-order valence-corrected chi connectivity index (χ2v) is 4.76. The minimum absolute atomic E-state index is 0.0579. The van der Waals surface area contributed by atoms with Crippen molar-refractivity contribution >= 4 is 5.91 Å². The highest BCUT2D eigenvalue weighted by Gasteiger charge is 2.18. The van der Waals surface area contributed by atoms with Crippen LogP contribution in [-0.2, 0) is 4.79 Å². The average Bonchev–Trinajstić information content (AvgIpc) is 2.13. The summed E-state index contributed by atoms with van der Waals surface area (Å²) in [6.45, 7) is 2.52. The summed E-state index contributed by atoms with van der Waals surface area (Å²) in [6, 6.07) is 0.0579. The van der Waals surface area contributed by atoms with Crippen LogP contribution >= 0.6 is 0 Å². The van der Waals surface area contributed by atoms with Gasteiger partial charge in [-0.3, -0.25) is 4.79 Å². The molecule has 0 aromatic carbocycles. The molecule has 3 heteroatoms. The molecule has 0 radical (unpaired) electrons. The Hall–Kier alpha value is -0.570. The van der Waals surface area contributed by atoms with Crippen molar-refractivity contribution in [3.8, 4) is 0 Å². The molecule has 0 aromatic heterocycles. The minimum atomic E-state index is 0.0579. The second kappa shape index (κ2) is 6.83. The van der Waals surface area contributed by atoms with Crippen molar-refractivity contribution in [3.63, 3.8) is 0 Å². The van der Waals surface area contributed by atoms with Crippen LogP contribution in [0, 0.1) is 5.92 Å². The Bertz CT molecular complexity index is 184. The Balaban J connectivity index is 2.28. The van der Waals surface area contributed by atoms with Crippen LogP contribution < -0.4 is 11.1 Å². The van der Waals surface area contributed by atoms with E-state index in [1.165, 1.54) is 32.1 Å². The van der Waals surface area contributed by atoms with Gasteiger partial charge in [0.05, 0.1) is 0 Å². The van der Waals surface area contributed by atoms with Gasteiger partial charge in [0.15, 0.2) is 0 Å². The van der Waals surface area contributed by atoms with Crippen molar-refractivity contribution in [2.45, 2.75) is 57.9 Å². The first kappa shape index (κ1) is 12.5. The fourth-order valence-corrected chi connectivity index (χ4v) is 2.12. The lowest BCUT2D eigenvalue weighted by Gasteiger charge is -2.19. The van der Waals surface area contributed by atoms with Gasteiger partial charge >= 0.3 is 0 Å². The van der Waals surface area contributed by atoms with Gasteiger partial charge in [0.1, 0.15) is 0 Å². The Morgan fingerprint density at radius 3 is 2.33 bits per heavy atom. The molecule has 3 N–H and O–H groups in total. The quantitative estimate of drug-likeness (QED) is 0.749. The molecule has 1 aliphatic rings. The number of nitrogens with two attached hydrogens (primary N) is 1. The van der Waals surface area contributed by atoms with Crippen LogP contribution in [0.15, 0.2) is 0 Å². The van der Waals surface area contributed by atoms with Crippen LogP contribution in [0.25, 0.3) is 0 Å². The van der Waals surface area contributed by atoms with E-state index in [2.05, 4.69) is 5.32 Å². The zero-order valence-corrected chi connectivity index (χ0v) is 9.80. The smallest absolute Gasteiger partial charge is 0.223 e. The summed E-state index contributed by atoms with van der Waals surface area (Å²) in [7, 11) is 0. The van der Waals surface area contributed by atoms with E-state index in [1.54, 1.807) is 0 Å². The molecule has 1 unspecified atom stereocenters. The van der Waals surface area contributed by atoms with Crippen molar-refractivity contribution < 1.29 is 4.79 Å². The Morgan fingerprint density at radius 1 is 1.27 bits per heavy atom. The maximum Gasteiger partial charge on any atom is 0.223 e. The second-order valence-electron chi connectivity index (χ2n) is 4.76. The summed E-state index contributed by atoms with van der Waals surface area (Å²) in [5, 5.41) is 2.94. The molecule has 1 rings (SSSR count). The predicted molar refractivity (Wildman–Crippen MR) is 62.5 cm³/mol. The standard InChI is InChI=1S/C12H24N2O/c1-10(13)9-14-12(15)11-7-5-3-2-4-6-8-11/h10-11H,2-9,13H2,1H3,(H,14,15). The lowest BCUT2D eigenvalue weighted by molar-refractivity contribution is -0.125. The van der Waals surface area contributed by atoms with Crippen LogP contribution in [0.3, 0.4) is 0 Å². The minimum Gasteiger partial charge on any atom is -0.354 e. The molecular weight excluding hydrogens is 188 g/mol. The van der Waals surface area contributed by atoms with Crippen molar-refractivity contribution in [2.24, 2.45) is 11.7 Å². The molecule has 1 saturated carbocycles. The first-order valence-corrected chi connectivity index (χ1v) is 6.23. The van der Waals surface area contributed by atoms with Gasteiger partial charge in [-0.25, -0.2) is 0 Å². The van der Waals surface area contributed by atoms with Gasteiger partial charge in [-0.15, -0.1) is 0 Å². The van der Waals surface area contributed by atoms with E-state index in [1.807, 2.05) is 6.92 Å². The molecule has 0 saturated heterocycles. The van der Waals surface area contributed by atoms with Gasteiger partial charge in [-0.1, -0.05) is 32.1 Å². The Labute approximate surface area is 92.8 Å². The van der Waals surface area contributed by atoms with Crippen molar-refractivity contribution in [1.82, 2.24) is 5.32 Å². The van der Waals surface area contributed by atoms with E-state index in [9.17, 15) is 4.79 Å². The number of hydrogen-bond donors (Lipinski definition) is 2. The molecule has 88 valence electrons. The molecule has 1 fully saturated rings. The molecule has 0 aromatic rings. The third kappa shape index (κ3) is 5.17. The maximum absolute atomic E-state index is 11.8. The lowest BCUT2D eigenvalue weighted by atomic mass is 9.90. The molecule has 15 heavy (non-hydrogen) atoms. The zero-order valence-electron chi connectivity index (χ0n) is 9.80. The molecule has 1 amide bonds. The van der Waals surface area contributed by atoms with Crippen molar-refractivity contribution in [3.05, 3.63) is 0 Å². The molecule has 0 heterocycles.